The van der Waals surface area contributed by atoms with Crippen LogP contribution in [0.3, 0.4) is 0 Å². The van der Waals surface area contributed by atoms with Gasteiger partial charge in [0.15, 0.2) is 0 Å². The molecule has 7 nitrogen and oxygen atoms in total. The Hall–Kier alpha value is -0.860. The Morgan fingerprint density at radius 2 is 1.80 bits per heavy atom. The van der Waals surface area contributed by atoms with Crippen LogP contribution < -0.4 is 10.0 Å². The molecule has 40 heavy (non-hydrogen) atoms. The summed E-state index contributed by atoms with van der Waals surface area (Å²) in [6.07, 6.45) is 14.1. The number of aliphatic hydroxyl groups is 2. The number of urea groups is 1. The number of carbonyl (C=O) groups excluding carboxylic acids is 1. The minimum atomic E-state index is -3.59. The molecule has 0 heterocycles. The van der Waals surface area contributed by atoms with Crippen LogP contribution >= 0.6 is 0 Å². The summed E-state index contributed by atoms with van der Waals surface area (Å²) < 4.78 is 27.1. The maximum Gasteiger partial charge on any atom is 0.328 e. The molecule has 0 unspecified atom stereocenters. The van der Waals surface area contributed by atoms with Crippen molar-refractivity contribution in [3.8, 4) is 0 Å². The van der Waals surface area contributed by atoms with Gasteiger partial charge in [0, 0.05) is 6.54 Å². The normalized spacial score (nSPS) is 37.9. The van der Waals surface area contributed by atoms with Crippen LogP contribution in [0.25, 0.3) is 0 Å². The maximum absolute atomic E-state index is 12.4. The number of nitrogens with one attached hydrogen (secondary N) is 2. The van der Waals surface area contributed by atoms with Gasteiger partial charge in [-0.05, 0) is 111 Å². The quantitative estimate of drug-likeness (QED) is 0.226. The molecule has 4 fully saturated rings. The fourth-order valence-electron chi connectivity index (χ4n) is 9.98. The molecule has 0 aromatic heterocycles. The first-order valence-corrected chi connectivity index (χ1v) is 18.2. The van der Waals surface area contributed by atoms with Crippen LogP contribution in [0.4, 0.5) is 4.79 Å². The lowest BCUT2D eigenvalue weighted by Gasteiger charge is -2.56. The van der Waals surface area contributed by atoms with Gasteiger partial charge in [-0.15, -0.1) is 0 Å². The summed E-state index contributed by atoms with van der Waals surface area (Å²) in [7, 11) is -3.59. The number of rotatable bonds is 12. The number of unbranched alkanes of at least 4 members (excludes halogenated alkanes) is 1. The summed E-state index contributed by atoms with van der Waals surface area (Å²) in [6, 6.07) is -0.597. The van der Waals surface area contributed by atoms with Gasteiger partial charge in [-0.2, -0.15) is 0 Å². The molecule has 0 aromatic carbocycles. The summed E-state index contributed by atoms with van der Waals surface area (Å²) >= 11 is 0. The Kier molecular flexibility index (Phi) is 10.9. The smallest absolute Gasteiger partial charge is 0.328 e. The van der Waals surface area contributed by atoms with Gasteiger partial charge in [-0.3, -0.25) is 0 Å². The van der Waals surface area contributed by atoms with Gasteiger partial charge in [-0.1, -0.05) is 59.8 Å². The number of hydrogen-bond donors (Lipinski definition) is 4. The SMILES string of the molecule is CCCC[C@@H](O)C[C@@H]1C[C@H]2CC[C@]3(C)[C@@H]([C@H](C)CCNC(=O)NS(=O)(=O)C4CCCC4)CC[C@H]3[C@@H]2[C@H](O)[C@@H]1CC. The number of aliphatic hydroxyl groups excluding tert-OH is 2. The third-order valence-corrected chi connectivity index (χ3v) is 13.9. The average Bonchev–Trinajstić information content (AvgIpc) is 3.56. The van der Waals surface area contributed by atoms with E-state index in [2.05, 4.69) is 37.7 Å². The van der Waals surface area contributed by atoms with E-state index in [-0.39, 0.29) is 23.5 Å². The summed E-state index contributed by atoms with van der Waals surface area (Å²) in [4.78, 5) is 12.4. The van der Waals surface area contributed by atoms with Crippen molar-refractivity contribution in [2.75, 3.05) is 6.54 Å². The van der Waals surface area contributed by atoms with Gasteiger partial charge >= 0.3 is 6.03 Å². The first-order valence-electron chi connectivity index (χ1n) is 16.7. The van der Waals surface area contributed by atoms with E-state index in [1.165, 1.54) is 6.42 Å². The maximum atomic E-state index is 12.4. The average molecular weight is 583 g/mol. The summed E-state index contributed by atoms with van der Waals surface area (Å²) in [5.41, 5.74) is 0.196. The molecule has 4 aliphatic rings. The Labute approximate surface area is 244 Å². The van der Waals surface area contributed by atoms with Gasteiger partial charge in [0.1, 0.15) is 0 Å². The largest absolute Gasteiger partial charge is 0.393 e. The highest BCUT2D eigenvalue weighted by Gasteiger charge is 2.59. The van der Waals surface area contributed by atoms with Gasteiger partial charge in [-0.25, -0.2) is 17.9 Å². The van der Waals surface area contributed by atoms with Crippen molar-refractivity contribution >= 4 is 16.1 Å². The van der Waals surface area contributed by atoms with E-state index >= 15 is 0 Å². The Morgan fingerprint density at radius 1 is 1.07 bits per heavy atom. The summed E-state index contributed by atoms with van der Waals surface area (Å²) in [6.45, 7) is 9.61. The van der Waals surface area contributed by atoms with E-state index < -0.39 is 21.3 Å². The van der Waals surface area contributed by atoms with E-state index in [9.17, 15) is 23.4 Å². The molecule has 0 radical (unpaired) electrons. The van der Waals surface area contributed by atoms with Gasteiger partial charge in [0.05, 0.1) is 17.5 Å². The first kappa shape index (κ1) is 32.1. The Balaban J connectivity index is 1.32. The number of fused-ring (bicyclic) bond motifs is 3. The standard InChI is InChI=1S/C32H58N2O5S/c1-5-7-10-24(35)20-23-19-22-15-17-32(4)27(13-14-28(32)29(22)30(36)26(23)6-2)21(3)16-18-33-31(37)34-40(38,39)25-11-8-9-12-25/h21-30,35-36H,5-20H2,1-4H3,(H2,33,34,37)/t21-,22-,23+,24-,26-,27-,28+,29-,30-,32-/m1/s1. The zero-order chi connectivity index (χ0) is 29.1. The minimum Gasteiger partial charge on any atom is -0.393 e. The third kappa shape index (κ3) is 6.85. The second kappa shape index (κ2) is 13.6. The van der Waals surface area contributed by atoms with Crippen molar-refractivity contribution in [1.29, 1.82) is 0 Å². The van der Waals surface area contributed by atoms with Crippen LogP contribution in [0.15, 0.2) is 0 Å². The van der Waals surface area contributed by atoms with Crippen LogP contribution in [0.1, 0.15) is 124 Å². The molecule has 2 amide bonds. The zero-order valence-corrected chi connectivity index (χ0v) is 26.4. The zero-order valence-electron chi connectivity index (χ0n) is 25.6. The number of amides is 2. The molecule has 0 spiro atoms. The van der Waals surface area contributed by atoms with Crippen molar-refractivity contribution in [1.82, 2.24) is 10.0 Å². The summed E-state index contributed by atoms with van der Waals surface area (Å²) in [5, 5.41) is 24.9. The topological polar surface area (TPSA) is 116 Å². The van der Waals surface area contributed by atoms with Crippen LogP contribution in [-0.2, 0) is 10.0 Å². The molecule has 8 heteroatoms. The highest BCUT2D eigenvalue weighted by atomic mass is 32.2. The van der Waals surface area contributed by atoms with Crippen LogP contribution in [0.5, 0.6) is 0 Å². The van der Waals surface area contributed by atoms with Crippen LogP contribution in [-0.4, -0.2) is 48.7 Å². The van der Waals surface area contributed by atoms with E-state index in [1.807, 2.05) is 0 Å². The van der Waals surface area contributed by atoms with Crippen molar-refractivity contribution in [2.24, 2.45) is 46.8 Å². The Bertz CT molecular complexity index is 938. The predicted molar refractivity (Wildman–Crippen MR) is 160 cm³/mol. The highest BCUT2D eigenvalue weighted by Crippen LogP contribution is 2.64. The molecule has 10 atom stereocenters. The molecule has 0 bridgehead atoms. The van der Waals surface area contributed by atoms with E-state index in [0.29, 0.717) is 54.9 Å². The predicted octanol–water partition coefficient (Wildman–Crippen LogP) is 5.99. The number of carbonyl (C=O) groups is 1. The van der Waals surface area contributed by atoms with Crippen LogP contribution in [0.2, 0.25) is 0 Å². The fourth-order valence-corrected chi connectivity index (χ4v) is 11.4. The fraction of sp³-hybridized carbons (Fsp3) is 0.969. The molecule has 232 valence electrons. The van der Waals surface area contributed by atoms with Gasteiger partial charge < -0.3 is 15.5 Å². The van der Waals surface area contributed by atoms with E-state index in [1.54, 1.807) is 0 Å². The third-order valence-electron chi connectivity index (χ3n) is 12.1. The Morgan fingerprint density at radius 3 is 2.48 bits per heavy atom. The minimum absolute atomic E-state index is 0.196. The molecular weight excluding hydrogens is 524 g/mol. The van der Waals surface area contributed by atoms with Crippen molar-refractivity contribution in [3.05, 3.63) is 0 Å². The lowest BCUT2D eigenvalue weighted by atomic mass is 9.50. The highest BCUT2D eigenvalue weighted by molar-refractivity contribution is 7.90. The van der Waals surface area contributed by atoms with Crippen molar-refractivity contribution in [3.63, 3.8) is 0 Å². The molecule has 4 saturated carbocycles. The monoisotopic (exact) mass is 582 g/mol. The molecule has 0 aliphatic heterocycles. The lowest BCUT2D eigenvalue weighted by molar-refractivity contribution is -0.129. The van der Waals surface area contributed by atoms with Crippen LogP contribution in [0, 0.1) is 46.8 Å². The lowest BCUT2D eigenvalue weighted by Crippen LogP contribution is -2.53. The number of sulfonamides is 1. The molecule has 0 saturated heterocycles. The molecule has 4 rings (SSSR count). The number of hydrogen-bond acceptors (Lipinski definition) is 5. The molecule has 4 N–H and O–H groups in total. The molecular formula is C32H58N2O5S. The molecule has 4 aliphatic carbocycles. The van der Waals surface area contributed by atoms with Crippen molar-refractivity contribution < 1.29 is 23.4 Å². The second-order valence-electron chi connectivity index (χ2n) is 14.3. The van der Waals surface area contributed by atoms with E-state index in [4.69, 9.17) is 0 Å². The van der Waals surface area contributed by atoms with E-state index in [0.717, 1.165) is 77.0 Å². The van der Waals surface area contributed by atoms with Crippen molar-refractivity contribution in [2.45, 2.75) is 141 Å². The molecule has 0 aromatic rings. The second-order valence-corrected chi connectivity index (χ2v) is 16.3. The summed E-state index contributed by atoms with van der Waals surface area (Å²) in [5.74, 6) is 3.10. The van der Waals surface area contributed by atoms with Gasteiger partial charge in [0.25, 0.3) is 0 Å². The first-order chi connectivity index (χ1) is 19.0. The van der Waals surface area contributed by atoms with Gasteiger partial charge in [0.2, 0.25) is 10.0 Å².